The Bertz CT molecular complexity index is 5300. The summed E-state index contributed by atoms with van der Waals surface area (Å²) in [5.74, 6) is -14.3. The van der Waals surface area contributed by atoms with E-state index in [1.165, 1.54) is 0 Å². The van der Waals surface area contributed by atoms with Crippen LogP contribution in [0.15, 0.2) is 140 Å². The zero-order valence-electron chi connectivity index (χ0n) is 69.6. The number of nitrogens with zero attached hydrogens (tertiary/aromatic N) is 5. The van der Waals surface area contributed by atoms with Crippen molar-refractivity contribution < 1.29 is 107 Å². The van der Waals surface area contributed by atoms with E-state index in [4.69, 9.17) is 20.3 Å². The van der Waals surface area contributed by atoms with Crippen LogP contribution in [0.1, 0.15) is 73.6 Å². The van der Waals surface area contributed by atoms with Gasteiger partial charge in [0.25, 0.3) is 0 Å². The summed E-state index contributed by atoms with van der Waals surface area (Å²) in [6, 6.07) is 27.2. The Hall–Kier alpha value is -14.0. The van der Waals surface area contributed by atoms with Crippen LogP contribution in [0.25, 0.3) is 44.3 Å². The van der Waals surface area contributed by atoms with Crippen LogP contribution in [0.4, 0.5) is 10.5 Å². The highest BCUT2D eigenvalue weighted by atomic mass is 32.2. The summed E-state index contributed by atoms with van der Waals surface area (Å²) in [5.41, 5.74) is 18.3. The van der Waals surface area contributed by atoms with E-state index < -0.39 is 169 Å². The predicted octanol–water partition coefficient (Wildman–Crippen LogP) is -0.394. The van der Waals surface area contributed by atoms with E-state index in [-0.39, 0.29) is 109 Å². The number of rotatable bonds is 52. The van der Waals surface area contributed by atoms with E-state index in [0.29, 0.717) is 76.1 Å². The number of amides is 13. The van der Waals surface area contributed by atoms with Gasteiger partial charge in [-0.3, -0.25) is 67.9 Å². The Morgan fingerprint density at radius 3 is 1.73 bits per heavy atom. The van der Waals surface area contributed by atoms with E-state index in [1.54, 1.807) is 96.2 Å². The number of nitrogens with one attached hydrogen (secondary N) is 14. The summed E-state index contributed by atoms with van der Waals surface area (Å²) in [6.07, 6.45) is -0.116. The Labute approximate surface area is 736 Å². The van der Waals surface area contributed by atoms with Crippen molar-refractivity contribution in [3.8, 4) is 22.5 Å². The van der Waals surface area contributed by atoms with Crippen LogP contribution in [-0.2, 0) is 114 Å². The molecule has 0 bridgehead atoms. The molecule has 4 unspecified atom stereocenters. The van der Waals surface area contributed by atoms with Gasteiger partial charge in [0.2, 0.25) is 65.0 Å². The molecule has 2 aliphatic heterocycles. The van der Waals surface area contributed by atoms with E-state index in [9.17, 15) is 92.0 Å². The molecule has 20 N–H and O–H groups in total. The number of aromatic amines is 2. The molecular weight excluding hydrogens is 1690 g/mol. The van der Waals surface area contributed by atoms with E-state index in [1.807, 2.05) is 63.8 Å². The number of anilines is 1. The number of benzene rings is 5. The number of urea groups is 1. The van der Waals surface area contributed by atoms with Gasteiger partial charge < -0.3 is 104 Å². The SMILES string of the molecule is NCCNCCn1nnc2c1-c1ccccc1N(C(=O)CCNC(=O)CCOCCOCCNC(=O)CCN1C(=O)CC(SC[C@H](NC(=O)CNC(=O)C(Cc3c[nH]c4ccccc34)NC(=O)C(Cc3c[nH]c4ccccc34)NC(=O)CNC(=O)C(Cc3ccccc3)NNC(=O)CC[C@H](NC(=O)N[C@@H](CCC(=O)O)C(=O)O)C(=O)O)C(=O)O)C1=O)Cc1ccccc1-2. The van der Waals surface area contributed by atoms with Crippen molar-refractivity contribution in [3.63, 3.8) is 0 Å². The molecule has 2 aliphatic rings. The fourth-order valence-corrected chi connectivity index (χ4v) is 15.3. The Balaban J connectivity index is 0.651. The standard InChI is InChI=1S/C85H102N20O22S/c86-29-31-87-32-35-105-77-57-18-8-11-21-66(57)104(48-51-14-4-5-17-56(51)76(77)101-102-105)73(111)26-30-88-69(107)28-36-126-38-39-127-37-33-89-68(106)27-34-103-74(112)43-67(81(103)118)128-49-65(84(123)124)95-72(110)47-92-78(115)62(41-52-44-90-58-19-9-6-15-54(52)58)96-80(117)63(42-53-45-91-59-20-10-7-16-55(53)59)94-71(109)46-93-79(116)64(40-50-12-2-1-3-13-50)99-100-70(108)24-22-60(82(119)120)97-85(125)98-61(83(121)122)23-25-75(113)114/h1-21,44-45,60-65,67,87,90-91,99H,22-43,46-49,86H2,(H,88,107)(H,89,106)(H,92,115)(H,93,116)(H,94,109)(H,95,110)(H,96,117)(H,100,108)(H,113,114)(H,119,120)(H,121,122)(H,123,124)(H2,97,98,125)/t60-,61-,62?,63?,64?,65-,67?/m0/s1. The predicted molar refractivity (Wildman–Crippen MR) is 462 cm³/mol. The lowest BCUT2D eigenvalue weighted by Gasteiger charge is -2.29. The lowest BCUT2D eigenvalue weighted by atomic mass is 9.95. The quantitative estimate of drug-likeness (QED) is 0.0131. The van der Waals surface area contributed by atoms with Gasteiger partial charge in [0, 0.05) is 142 Å². The average molecular weight is 1790 g/mol. The zero-order chi connectivity index (χ0) is 91.6. The third kappa shape index (κ3) is 28.5. The molecule has 42 nitrogen and oxygen atoms in total. The maximum Gasteiger partial charge on any atom is 0.327 e. The van der Waals surface area contributed by atoms with Crippen LogP contribution >= 0.6 is 11.8 Å². The summed E-state index contributed by atoms with van der Waals surface area (Å²) >= 11 is 0.785. The number of thioether (sulfide) groups is 1. The molecule has 0 spiro atoms. The van der Waals surface area contributed by atoms with E-state index in [0.717, 1.165) is 39.0 Å². The smallest absolute Gasteiger partial charge is 0.327 e. The first-order chi connectivity index (χ1) is 61.7. The van der Waals surface area contributed by atoms with Gasteiger partial charge in [0.1, 0.15) is 41.9 Å². The number of hydrogen-bond donors (Lipinski definition) is 19. The lowest BCUT2D eigenvalue weighted by molar-refractivity contribution is -0.141. The van der Waals surface area contributed by atoms with Crippen molar-refractivity contribution >= 4 is 134 Å². The number of aromatic nitrogens is 5. The zero-order valence-corrected chi connectivity index (χ0v) is 70.4. The highest BCUT2D eigenvalue weighted by Gasteiger charge is 2.41. The molecule has 0 radical (unpaired) electrons. The van der Waals surface area contributed by atoms with Gasteiger partial charge in [-0.25, -0.2) is 29.3 Å². The molecule has 680 valence electrons. The molecule has 13 amide bonds. The van der Waals surface area contributed by atoms with Gasteiger partial charge in [-0.2, -0.15) is 0 Å². The van der Waals surface area contributed by atoms with Crippen LogP contribution in [0.3, 0.4) is 0 Å². The van der Waals surface area contributed by atoms with E-state index >= 15 is 0 Å². The van der Waals surface area contributed by atoms with Gasteiger partial charge in [-0.05, 0) is 59.7 Å². The number of hydrogen-bond acceptors (Lipinski definition) is 24. The summed E-state index contributed by atoms with van der Waals surface area (Å²) < 4.78 is 13.0. The summed E-state index contributed by atoms with van der Waals surface area (Å²) in [6.45, 7) is 1.20. The van der Waals surface area contributed by atoms with Crippen molar-refractivity contribution in [3.05, 3.63) is 162 Å². The minimum absolute atomic E-state index is 0.0185. The molecule has 0 saturated carbocycles. The fraction of sp³-hybridized carbons (Fsp3) is 0.388. The van der Waals surface area contributed by atoms with Crippen molar-refractivity contribution in [1.29, 1.82) is 0 Å². The van der Waals surface area contributed by atoms with Gasteiger partial charge >= 0.3 is 29.9 Å². The number of fused-ring (bicyclic) bond motifs is 7. The first-order valence-corrected chi connectivity index (χ1v) is 42.3. The second kappa shape index (κ2) is 48.5. The Morgan fingerprint density at radius 2 is 1.09 bits per heavy atom. The number of carboxylic acid groups (broad SMARTS) is 4. The third-order valence-electron chi connectivity index (χ3n) is 20.7. The van der Waals surface area contributed by atoms with Crippen LogP contribution in [-0.4, -0.2) is 271 Å². The number of carbonyl (C=O) groups is 16. The van der Waals surface area contributed by atoms with Crippen molar-refractivity contribution in [2.75, 3.05) is 89.4 Å². The number of carboxylic acids is 4. The average Bonchev–Trinajstić information content (AvgIpc) is 1.50. The van der Waals surface area contributed by atoms with Gasteiger partial charge in [0.05, 0.1) is 69.2 Å². The van der Waals surface area contributed by atoms with Gasteiger partial charge in [-0.15, -0.1) is 16.9 Å². The molecule has 5 heterocycles. The van der Waals surface area contributed by atoms with Crippen LogP contribution < -0.4 is 74.7 Å². The minimum atomic E-state index is -1.75. The van der Waals surface area contributed by atoms with Crippen molar-refractivity contribution in [1.82, 2.24) is 93.9 Å². The molecule has 1 fully saturated rings. The monoisotopic (exact) mass is 1790 g/mol. The lowest BCUT2D eigenvalue weighted by Crippen LogP contribution is -2.57. The molecule has 1 saturated heterocycles. The van der Waals surface area contributed by atoms with Gasteiger partial charge in [-0.1, -0.05) is 114 Å². The molecule has 10 rings (SSSR count). The number of carbonyl (C=O) groups excluding carboxylic acids is 12. The molecule has 128 heavy (non-hydrogen) atoms. The first-order valence-electron chi connectivity index (χ1n) is 41.3. The molecular formula is C85H102N20O22S. The minimum Gasteiger partial charge on any atom is -0.481 e. The van der Waals surface area contributed by atoms with Crippen LogP contribution in [0.2, 0.25) is 0 Å². The second-order valence-electron chi connectivity index (χ2n) is 29.8. The number of H-pyrrole nitrogens is 2. The number of aliphatic carboxylic acids is 4. The normalized spacial score (nSPS) is 14.2. The number of para-hydroxylation sites is 3. The Kier molecular flexibility index (Phi) is 36.4. The van der Waals surface area contributed by atoms with Gasteiger partial charge in [0.15, 0.2) is 0 Å². The largest absolute Gasteiger partial charge is 0.481 e. The number of nitrogens with two attached hydrogens (primary N) is 1. The maximum absolute atomic E-state index is 14.8. The molecule has 0 aliphatic carbocycles. The summed E-state index contributed by atoms with van der Waals surface area (Å²) in [4.78, 5) is 219. The van der Waals surface area contributed by atoms with Crippen molar-refractivity contribution in [2.24, 2.45) is 5.73 Å². The number of ether oxygens (including phenoxy) is 2. The molecule has 7 atom stereocenters. The number of hydrazine groups is 1. The fourth-order valence-electron chi connectivity index (χ4n) is 14.1. The van der Waals surface area contributed by atoms with Crippen LogP contribution in [0.5, 0.6) is 0 Å². The van der Waals surface area contributed by atoms with Crippen molar-refractivity contribution in [2.45, 2.75) is 125 Å². The topological polar surface area (TPSA) is 612 Å². The van der Waals surface area contributed by atoms with E-state index in [2.05, 4.69) is 73.7 Å². The highest BCUT2D eigenvalue weighted by molar-refractivity contribution is 8.00. The summed E-state index contributed by atoms with van der Waals surface area (Å²) in [5, 5.41) is 73.2. The molecule has 43 heteroatoms. The summed E-state index contributed by atoms with van der Waals surface area (Å²) in [7, 11) is 0. The number of imide groups is 1. The first kappa shape index (κ1) is 96.2. The highest BCUT2D eigenvalue weighted by Crippen LogP contribution is 2.41. The molecule has 5 aromatic carbocycles. The molecule has 3 aromatic heterocycles. The number of likely N-dealkylation sites (tertiary alicyclic amines) is 1. The maximum atomic E-state index is 14.8. The Morgan fingerprint density at radius 1 is 0.516 bits per heavy atom. The van der Waals surface area contributed by atoms with Crippen LogP contribution in [0, 0.1) is 0 Å². The second-order valence-corrected chi connectivity index (χ2v) is 31.0. The third-order valence-corrected chi connectivity index (χ3v) is 22.0. The molecule has 8 aromatic rings.